The Hall–Kier alpha value is 0.153. The zero-order valence-electron chi connectivity index (χ0n) is 9.12. The summed E-state index contributed by atoms with van der Waals surface area (Å²) >= 11 is 1.17. The third kappa shape index (κ3) is 6.03. The molecule has 0 atom stereocenters. The van der Waals surface area contributed by atoms with Crippen LogP contribution in [-0.4, -0.2) is 15.3 Å². The molecule has 0 saturated heterocycles. The summed E-state index contributed by atoms with van der Waals surface area (Å²) in [5, 5.41) is 0. The average Bonchev–Trinajstić information content (AvgIpc) is 2.26. The summed E-state index contributed by atoms with van der Waals surface area (Å²) in [5.74, 6) is 0.150. The van der Waals surface area contributed by atoms with Gasteiger partial charge in [-0.15, -0.1) is 0 Å². The monoisotopic (exact) mass is 336 g/mol. The number of rotatable bonds is 4. The van der Waals surface area contributed by atoms with Crippen LogP contribution in [0.2, 0.25) is 0 Å². The second-order valence-electron chi connectivity index (χ2n) is 3.18. The topological polar surface area (TPSA) is 20.3 Å². The second-order valence-corrected chi connectivity index (χ2v) is 4.50. The number of halogens is 2. The first kappa shape index (κ1) is 18.5. The minimum Gasteiger partial charge on any atom is -1.00 e. The van der Waals surface area contributed by atoms with Crippen LogP contribution in [0.4, 0.5) is 0 Å². The summed E-state index contributed by atoms with van der Waals surface area (Å²) in [4.78, 5) is 11.8. The smallest absolute Gasteiger partial charge is 1.00 e. The summed E-state index contributed by atoms with van der Waals surface area (Å²) in [6, 6.07) is 9.46. The second kappa shape index (κ2) is 10.3. The van der Waals surface area contributed by atoms with Crippen molar-refractivity contribution in [1.82, 2.24) is 2.84 Å². The Morgan fingerprint density at radius 1 is 1.25 bits per heavy atom. The van der Waals surface area contributed by atoms with Gasteiger partial charge in [0, 0.05) is 0 Å². The fourth-order valence-corrected chi connectivity index (χ4v) is 1.86. The molecule has 87 valence electrons. The maximum absolute atomic E-state index is 11.8. The summed E-state index contributed by atoms with van der Waals surface area (Å²) in [5.41, 5.74) is 0.792. The van der Waals surface area contributed by atoms with Gasteiger partial charge in [-0.2, -0.15) is 0 Å². The van der Waals surface area contributed by atoms with E-state index in [0.717, 1.165) is 24.9 Å². The zero-order valence-corrected chi connectivity index (χ0v) is 13.1. The van der Waals surface area contributed by atoms with Crippen LogP contribution in [0, 0.1) is 0 Å². The van der Waals surface area contributed by atoms with E-state index in [-0.39, 0.29) is 30.7 Å². The molecule has 0 heterocycles. The molecule has 0 fully saturated rings. The van der Waals surface area contributed by atoms with E-state index in [4.69, 9.17) is 0 Å². The third-order valence-corrected chi connectivity index (χ3v) is 3.05. The van der Waals surface area contributed by atoms with Crippen molar-refractivity contribution in [2.45, 2.75) is 19.8 Å². The first-order chi connectivity index (χ1) is 6.75. The van der Waals surface area contributed by atoms with E-state index in [9.17, 15) is 4.79 Å². The summed E-state index contributed by atoms with van der Waals surface area (Å²) in [6.45, 7) is 3.01. The van der Waals surface area contributed by atoms with E-state index < -0.39 is 0 Å². The number of carbonyl (C=O) groups is 1. The third-order valence-electron chi connectivity index (χ3n) is 2.00. The number of nitrogens with zero attached hydrogens (tertiary/aromatic N) is 1. The van der Waals surface area contributed by atoms with Gasteiger partial charge in [0.25, 0.3) is 0 Å². The Balaban J connectivity index is 0. The molecule has 1 rings (SSSR count). The van der Waals surface area contributed by atoms with E-state index in [0.29, 0.717) is 0 Å². The standard InChI is InChI=1S/C11H15NO.2ClH.Zr/c1-2-3-9-12-11(13)10-7-5-4-6-8-10;;;/h4-8H,2-3,9H2,1H3,(H,12,13);2*1H;/q;;;+3/p-3. The fraction of sp³-hybridized carbons (Fsp3) is 0.364. The molecule has 1 aromatic rings. The van der Waals surface area contributed by atoms with E-state index in [2.05, 4.69) is 6.92 Å². The van der Waals surface area contributed by atoms with Gasteiger partial charge in [0.1, 0.15) is 0 Å². The number of hydrogen-bond acceptors (Lipinski definition) is 1. The normalized spacial score (nSPS) is 8.69. The van der Waals surface area contributed by atoms with Gasteiger partial charge in [0.05, 0.1) is 0 Å². The first-order valence-electron chi connectivity index (χ1n) is 4.84. The van der Waals surface area contributed by atoms with Crippen LogP contribution in [0.3, 0.4) is 0 Å². The Kier molecular flexibility index (Phi) is 11.9. The fourth-order valence-electron chi connectivity index (χ4n) is 1.15. The average molecular weight is 338 g/mol. The maximum atomic E-state index is 11.8. The Morgan fingerprint density at radius 2 is 1.81 bits per heavy atom. The molecule has 16 heavy (non-hydrogen) atoms. The van der Waals surface area contributed by atoms with Gasteiger partial charge in [-0.1, -0.05) is 0 Å². The predicted octanol–water partition coefficient (Wildman–Crippen LogP) is -3.60. The maximum Gasteiger partial charge on any atom is -1.00 e. The molecule has 2 nitrogen and oxygen atoms in total. The van der Waals surface area contributed by atoms with E-state index >= 15 is 0 Å². The summed E-state index contributed by atoms with van der Waals surface area (Å²) in [7, 11) is 0. The van der Waals surface area contributed by atoms with Crippen molar-refractivity contribution in [3.63, 3.8) is 0 Å². The molecule has 0 aromatic heterocycles. The minimum atomic E-state index is 0. The predicted molar refractivity (Wildman–Crippen MR) is 52.4 cm³/mol. The van der Waals surface area contributed by atoms with Crippen molar-refractivity contribution in [1.29, 1.82) is 0 Å². The van der Waals surface area contributed by atoms with Crippen molar-refractivity contribution in [2.75, 3.05) is 6.54 Å². The number of carbonyl (C=O) groups excluding carboxylic acids is 1. The van der Waals surface area contributed by atoms with Crippen LogP contribution >= 0.6 is 0 Å². The molecule has 5 heteroatoms. The number of hydrogen-bond donors (Lipinski definition) is 0. The van der Waals surface area contributed by atoms with Crippen molar-refractivity contribution in [2.24, 2.45) is 0 Å². The van der Waals surface area contributed by atoms with Crippen LogP contribution in [-0.2, 0) is 25.0 Å². The van der Waals surface area contributed by atoms with E-state index in [1.165, 1.54) is 25.0 Å². The number of amides is 1. The Morgan fingerprint density at radius 3 is 2.31 bits per heavy atom. The molecular weight excluding hydrogens is 324 g/mol. The van der Waals surface area contributed by atoms with Crippen molar-refractivity contribution in [3.05, 3.63) is 35.9 Å². The van der Waals surface area contributed by atoms with Crippen molar-refractivity contribution in [3.8, 4) is 0 Å². The Labute approximate surface area is 125 Å². The van der Waals surface area contributed by atoms with E-state index in [1.54, 1.807) is 0 Å². The van der Waals surface area contributed by atoms with Gasteiger partial charge in [-0.05, 0) is 0 Å². The van der Waals surface area contributed by atoms with Crippen LogP contribution in [0.15, 0.2) is 30.3 Å². The molecule has 0 bridgehead atoms. The first-order valence-corrected chi connectivity index (χ1v) is 5.93. The summed E-state index contributed by atoms with van der Waals surface area (Å²) in [6.07, 6.45) is 2.22. The molecule has 0 radical (unpaired) electrons. The van der Waals surface area contributed by atoms with E-state index in [1.807, 2.05) is 33.2 Å². The van der Waals surface area contributed by atoms with Gasteiger partial charge in [0.15, 0.2) is 0 Å². The van der Waals surface area contributed by atoms with Crippen molar-refractivity contribution < 1.29 is 54.6 Å². The number of benzene rings is 1. The van der Waals surface area contributed by atoms with Crippen LogP contribution < -0.4 is 24.8 Å². The van der Waals surface area contributed by atoms with Crippen molar-refractivity contribution >= 4 is 5.91 Å². The quantitative estimate of drug-likeness (QED) is 0.556. The number of unbranched alkanes of at least 4 members (excludes halogenated alkanes) is 1. The molecule has 1 amide bonds. The molecule has 1 aromatic carbocycles. The van der Waals surface area contributed by atoms with Gasteiger partial charge in [-0.3, -0.25) is 0 Å². The molecule has 0 aliphatic rings. The molecule has 0 spiro atoms. The zero-order chi connectivity index (χ0) is 10.4. The summed E-state index contributed by atoms with van der Waals surface area (Å²) < 4.78 is 1.87. The van der Waals surface area contributed by atoms with Gasteiger partial charge in [-0.25, -0.2) is 0 Å². The molecule has 0 unspecified atom stereocenters. The Bertz CT molecular complexity index is 295. The molecule has 0 aliphatic carbocycles. The SMILES string of the molecule is CCCC[N]([Zr+2])C(=O)c1ccccc1.[Cl-].[Cl-]. The molecular formula is C11H14Cl2NOZr. The minimum absolute atomic E-state index is 0. The van der Waals surface area contributed by atoms with Crippen LogP contribution in [0.5, 0.6) is 0 Å². The molecule has 0 N–H and O–H groups in total. The van der Waals surface area contributed by atoms with Gasteiger partial charge in [0.2, 0.25) is 0 Å². The van der Waals surface area contributed by atoms with Crippen LogP contribution in [0.1, 0.15) is 30.1 Å². The molecule has 0 saturated carbocycles. The largest absolute Gasteiger partial charge is 1.00 e. The van der Waals surface area contributed by atoms with Crippen LogP contribution in [0.25, 0.3) is 0 Å². The van der Waals surface area contributed by atoms with Gasteiger partial charge >= 0.3 is 101 Å². The molecule has 0 aliphatic heterocycles. The van der Waals surface area contributed by atoms with Gasteiger partial charge < -0.3 is 24.8 Å².